The molecule has 1 unspecified atom stereocenters. The summed E-state index contributed by atoms with van der Waals surface area (Å²) in [6, 6.07) is 3.88. The summed E-state index contributed by atoms with van der Waals surface area (Å²) in [5, 5.41) is 7.46. The molecule has 0 radical (unpaired) electrons. The average molecular weight is 327 g/mol. The summed E-state index contributed by atoms with van der Waals surface area (Å²) in [4.78, 5) is 22.9. The summed E-state index contributed by atoms with van der Waals surface area (Å²) in [5.74, 6) is 2.31. The largest absolute Gasteiger partial charge is 0.381 e. The zero-order valence-corrected chi connectivity index (χ0v) is 13.5. The number of likely N-dealkylation sites (tertiary alicyclic amines) is 1. The lowest BCUT2D eigenvalue weighted by atomic mass is 10.00. The first-order valence-electron chi connectivity index (χ1n) is 8.46. The first kappa shape index (κ1) is 15.3. The number of pyridine rings is 1. The van der Waals surface area contributed by atoms with Crippen LogP contribution < -0.4 is 0 Å². The standard InChI is InChI=1S/C17H21N5O2/c23-15-8-14(11-22(15)10-12-2-1-5-18-9-12)17-19-16(20-21-17)13-3-6-24-7-4-13/h1-2,5,9,13-14H,3-4,6-8,10-11H2,(H,19,20,21). The summed E-state index contributed by atoms with van der Waals surface area (Å²) in [7, 11) is 0. The molecule has 4 rings (SSSR count). The van der Waals surface area contributed by atoms with Gasteiger partial charge in [-0.2, -0.15) is 5.10 Å². The molecule has 0 spiro atoms. The predicted molar refractivity (Wildman–Crippen MR) is 86.2 cm³/mol. The molecule has 7 nitrogen and oxygen atoms in total. The average Bonchev–Trinajstić information content (AvgIpc) is 3.24. The SMILES string of the molecule is O=C1CC(c2n[nH]c(C3CCOCC3)n2)CN1Cc1cccnc1. The molecule has 0 bridgehead atoms. The van der Waals surface area contributed by atoms with E-state index in [9.17, 15) is 4.79 Å². The minimum atomic E-state index is 0.0685. The maximum absolute atomic E-state index is 12.3. The van der Waals surface area contributed by atoms with Gasteiger partial charge in [-0.25, -0.2) is 4.98 Å². The van der Waals surface area contributed by atoms with Gasteiger partial charge in [0.2, 0.25) is 5.91 Å². The molecule has 7 heteroatoms. The maximum Gasteiger partial charge on any atom is 0.223 e. The van der Waals surface area contributed by atoms with Crippen LogP contribution >= 0.6 is 0 Å². The number of H-pyrrole nitrogens is 1. The van der Waals surface area contributed by atoms with Crippen LogP contribution in [0.5, 0.6) is 0 Å². The molecular weight excluding hydrogens is 306 g/mol. The molecule has 126 valence electrons. The number of aromatic amines is 1. The van der Waals surface area contributed by atoms with Gasteiger partial charge in [-0.3, -0.25) is 14.9 Å². The fourth-order valence-corrected chi connectivity index (χ4v) is 3.43. The van der Waals surface area contributed by atoms with Gasteiger partial charge in [0.1, 0.15) is 5.82 Å². The van der Waals surface area contributed by atoms with Crippen LogP contribution in [0.15, 0.2) is 24.5 Å². The van der Waals surface area contributed by atoms with E-state index in [-0.39, 0.29) is 11.8 Å². The van der Waals surface area contributed by atoms with Crippen molar-refractivity contribution in [3.63, 3.8) is 0 Å². The fourth-order valence-electron chi connectivity index (χ4n) is 3.43. The number of ether oxygens (including phenoxy) is 1. The third-order valence-corrected chi connectivity index (χ3v) is 4.80. The van der Waals surface area contributed by atoms with E-state index in [1.54, 1.807) is 12.4 Å². The summed E-state index contributed by atoms with van der Waals surface area (Å²) >= 11 is 0. The van der Waals surface area contributed by atoms with Gasteiger partial charge in [0.05, 0.1) is 0 Å². The van der Waals surface area contributed by atoms with Crippen LogP contribution in [0.1, 0.15) is 48.3 Å². The lowest BCUT2D eigenvalue weighted by molar-refractivity contribution is -0.128. The molecule has 2 aliphatic heterocycles. The smallest absolute Gasteiger partial charge is 0.223 e. The first-order valence-corrected chi connectivity index (χ1v) is 8.46. The summed E-state index contributed by atoms with van der Waals surface area (Å²) in [5.41, 5.74) is 1.05. The Morgan fingerprint density at radius 2 is 2.17 bits per heavy atom. The van der Waals surface area contributed by atoms with Crippen molar-refractivity contribution in [2.75, 3.05) is 19.8 Å². The van der Waals surface area contributed by atoms with Gasteiger partial charge in [-0.05, 0) is 24.5 Å². The zero-order chi connectivity index (χ0) is 16.4. The quantitative estimate of drug-likeness (QED) is 0.922. The Morgan fingerprint density at radius 1 is 1.29 bits per heavy atom. The van der Waals surface area contributed by atoms with Crippen molar-refractivity contribution in [1.29, 1.82) is 0 Å². The first-order chi connectivity index (χ1) is 11.8. The molecule has 0 aromatic carbocycles. The normalized spacial score (nSPS) is 22.2. The molecular formula is C17H21N5O2. The third-order valence-electron chi connectivity index (χ3n) is 4.80. The van der Waals surface area contributed by atoms with E-state index in [0.717, 1.165) is 43.3 Å². The molecule has 0 saturated carbocycles. The number of carbonyl (C=O) groups is 1. The van der Waals surface area contributed by atoms with Crippen molar-refractivity contribution in [3.8, 4) is 0 Å². The van der Waals surface area contributed by atoms with Gasteiger partial charge < -0.3 is 9.64 Å². The lowest BCUT2D eigenvalue weighted by Gasteiger charge is -2.19. The van der Waals surface area contributed by atoms with Crippen LogP contribution in [0.25, 0.3) is 0 Å². The Morgan fingerprint density at radius 3 is 2.96 bits per heavy atom. The van der Waals surface area contributed by atoms with Crippen molar-refractivity contribution in [2.24, 2.45) is 0 Å². The van der Waals surface area contributed by atoms with Crippen LogP contribution in [0.4, 0.5) is 0 Å². The van der Waals surface area contributed by atoms with Gasteiger partial charge >= 0.3 is 0 Å². The topological polar surface area (TPSA) is 84.0 Å². The van der Waals surface area contributed by atoms with Crippen molar-refractivity contribution >= 4 is 5.91 Å². The second kappa shape index (κ2) is 6.68. The van der Waals surface area contributed by atoms with E-state index in [4.69, 9.17) is 4.74 Å². The molecule has 2 saturated heterocycles. The molecule has 0 aliphatic carbocycles. The van der Waals surface area contributed by atoms with E-state index in [2.05, 4.69) is 20.2 Å². The van der Waals surface area contributed by atoms with Crippen LogP contribution in [-0.2, 0) is 16.1 Å². The highest BCUT2D eigenvalue weighted by Gasteiger charge is 2.33. The molecule has 1 atom stereocenters. The van der Waals surface area contributed by atoms with Gasteiger partial charge in [-0.1, -0.05) is 6.07 Å². The fraction of sp³-hybridized carbons (Fsp3) is 0.529. The zero-order valence-electron chi connectivity index (χ0n) is 13.5. The highest BCUT2D eigenvalue weighted by Crippen LogP contribution is 2.29. The third kappa shape index (κ3) is 3.17. The number of hydrogen-bond acceptors (Lipinski definition) is 5. The Balaban J connectivity index is 1.42. The highest BCUT2D eigenvalue weighted by atomic mass is 16.5. The number of amides is 1. The number of nitrogens with zero attached hydrogens (tertiary/aromatic N) is 4. The minimum Gasteiger partial charge on any atom is -0.381 e. The number of hydrogen-bond donors (Lipinski definition) is 1. The van der Waals surface area contributed by atoms with Gasteiger partial charge in [0.25, 0.3) is 0 Å². The highest BCUT2D eigenvalue weighted by molar-refractivity contribution is 5.79. The Kier molecular flexibility index (Phi) is 4.25. The van der Waals surface area contributed by atoms with Crippen LogP contribution in [-0.4, -0.2) is 50.7 Å². The van der Waals surface area contributed by atoms with E-state index in [1.807, 2.05) is 17.0 Å². The lowest BCUT2D eigenvalue weighted by Crippen LogP contribution is -2.24. The molecule has 2 aliphatic rings. The second-order valence-electron chi connectivity index (χ2n) is 6.50. The van der Waals surface area contributed by atoms with E-state index < -0.39 is 0 Å². The van der Waals surface area contributed by atoms with Gasteiger partial charge in [0.15, 0.2) is 5.82 Å². The Hall–Kier alpha value is -2.28. The minimum absolute atomic E-state index is 0.0685. The Bertz CT molecular complexity index is 696. The predicted octanol–water partition coefficient (Wildman–Crippen LogP) is 1.61. The van der Waals surface area contributed by atoms with Crippen molar-refractivity contribution in [2.45, 2.75) is 37.6 Å². The van der Waals surface area contributed by atoms with E-state index in [0.29, 0.717) is 25.4 Å². The van der Waals surface area contributed by atoms with Gasteiger partial charge in [-0.15, -0.1) is 0 Å². The van der Waals surface area contributed by atoms with Gasteiger partial charge in [0, 0.05) is 57.0 Å². The summed E-state index contributed by atoms with van der Waals surface area (Å²) in [6.45, 7) is 2.82. The molecule has 4 heterocycles. The molecule has 1 N–H and O–H groups in total. The second-order valence-corrected chi connectivity index (χ2v) is 6.50. The van der Waals surface area contributed by atoms with Crippen molar-refractivity contribution in [3.05, 3.63) is 41.7 Å². The molecule has 1 amide bonds. The maximum atomic E-state index is 12.3. The van der Waals surface area contributed by atoms with Crippen molar-refractivity contribution in [1.82, 2.24) is 25.1 Å². The summed E-state index contributed by atoms with van der Waals surface area (Å²) < 4.78 is 5.39. The van der Waals surface area contributed by atoms with Crippen LogP contribution in [0, 0.1) is 0 Å². The molecule has 2 aromatic heterocycles. The number of carbonyl (C=O) groups excluding carboxylic acids is 1. The number of aromatic nitrogens is 4. The molecule has 2 aromatic rings. The van der Waals surface area contributed by atoms with Crippen LogP contribution in [0.2, 0.25) is 0 Å². The van der Waals surface area contributed by atoms with E-state index >= 15 is 0 Å². The molecule has 24 heavy (non-hydrogen) atoms. The van der Waals surface area contributed by atoms with Crippen LogP contribution in [0.3, 0.4) is 0 Å². The molecule has 2 fully saturated rings. The summed E-state index contributed by atoms with van der Waals surface area (Å²) in [6.07, 6.45) is 5.97. The Labute approximate surface area is 140 Å². The number of nitrogens with one attached hydrogen (secondary N) is 1. The van der Waals surface area contributed by atoms with Crippen molar-refractivity contribution < 1.29 is 9.53 Å². The monoisotopic (exact) mass is 327 g/mol. The number of rotatable bonds is 4. The van der Waals surface area contributed by atoms with E-state index in [1.165, 1.54) is 0 Å².